The van der Waals surface area contributed by atoms with Crippen molar-refractivity contribution < 1.29 is 19.8 Å². The first kappa shape index (κ1) is 14.2. The molecule has 6 nitrogen and oxygen atoms in total. The Morgan fingerprint density at radius 3 is 2.25 bits per heavy atom. The molecule has 1 aliphatic rings. The van der Waals surface area contributed by atoms with Gasteiger partial charge in [0.05, 0.1) is 6.54 Å². The Hall–Kier alpha value is -2.24. The molecular weight excluding hydrogens is 260 g/mol. The standard InChI is InChI=1S/C14H18N2O4/c15-12(19)8-16(9-4-1-2-5-9)14(20)13-10(17)6-3-7-11(13)18/h3,6-7,9,17-18H,1-2,4-5,8H2,(H2,15,19). The molecule has 108 valence electrons. The fraction of sp³-hybridized carbons (Fsp3) is 0.429. The molecule has 2 amide bonds. The highest BCUT2D eigenvalue weighted by molar-refractivity contribution is 6.01. The van der Waals surface area contributed by atoms with E-state index in [1.165, 1.54) is 23.1 Å². The second-order valence-corrected chi connectivity index (χ2v) is 5.01. The lowest BCUT2D eigenvalue weighted by Crippen LogP contribution is -2.44. The number of nitrogens with zero attached hydrogens (tertiary/aromatic N) is 1. The van der Waals surface area contributed by atoms with Crippen molar-refractivity contribution in [2.45, 2.75) is 31.7 Å². The highest BCUT2D eigenvalue weighted by atomic mass is 16.3. The third kappa shape index (κ3) is 2.84. The van der Waals surface area contributed by atoms with Crippen molar-refractivity contribution in [2.75, 3.05) is 6.54 Å². The average molecular weight is 278 g/mol. The SMILES string of the molecule is NC(=O)CN(C(=O)c1c(O)cccc1O)C1CCCC1. The second kappa shape index (κ2) is 5.81. The Kier molecular flexibility index (Phi) is 4.12. The lowest BCUT2D eigenvalue weighted by molar-refractivity contribution is -0.119. The van der Waals surface area contributed by atoms with Gasteiger partial charge in [-0.25, -0.2) is 0 Å². The molecule has 0 spiro atoms. The van der Waals surface area contributed by atoms with Crippen molar-refractivity contribution in [3.05, 3.63) is 23.8 Å². The monoisotopic (exact) mass is 278 g/mol. The lowest BCUT2D eigenvalue weighted by Gasteiger charge is -2.28. The summed E-state index contributed by atoms with van der Waals surface area (Å²) in [6.07, 6.45) is 3.57. The van der Waals surface area contributed by atoms with Gasteiger partial charge in [0.15, 0.2) is 0 Å². The van der Waals surface area contributed by atoms with Gasteiger partial charge in [-0.2, -0.15) is 0 Å². The molecule has 0 heterocycles. The number of primary amides is 1. The predicted octanol–water partition coefficient (Wildman–Crippen LogP) is 0.968. The van der Waals surface area contributed by atoms with Crippen LogP contribution in [0.4, 0.5) is 0 Å². The second-order valence-electron chi connectivity index (χ2n) is 5.01. The van der Waals surface area contributed by atoms with Crippen LogP contribution in [-0.2, 0) is 4.79 Å². The molecule has 0 aliphatic heterocycles. The number of benzene rings is 1. The molecule has 2 rings (SSSR count). The van der Waals surface area contributed by atoms with Crippen LogP contribution >= 0.6 is 0 Å². The number of rotatable bonds is 4. The zero-order chi connectivity index (χ0) is 14.7. The van der Waals surface area contributed by atoms with E-state index < -0.39 is 11.8 Å². The van der Waals surface area contributed by atoms with E-state index >= 15 is 0 Å². The van der Waals surface area contributed by atoms with E-state index in [4.69, 9.17) is 5.73 Å². The first-order valence-electron chi connectivity index (χ1n) is 6.61. The van der Waals surface area contributed by atoms with Gasteiger partial charge < -0.3 is 20.8 Å². The van der Waals surface area contributed by atoms with Crippen molar-refractivity contribution in [3.8, 4) is 11.5 Å². The normalized spacial score (nSPS) is 15.2. The summed E-state index contributed by atoms with van der Waals surface area (Å²) in [5.41, 5.74) is 5.02. The van der Waals surface area contributed by atoms with E-state index in [1.54, 1.807) is 0 Å². The van der Waals surface area contributed by atoms with Crippen LogP contribution in [0.15, 0.2) is 18.2 Å². The predicted molar refractivity (Wildman–Crippen MR) is 72.3 cm³/mol. The van der Waals surface area contributed by atoms with E-state index in [9.17, 15) is 19.8 Å². The Balaban J connectivity index is 2.32. The van der Waals surface area contributed by atoms with Gasteiger partial charge in [-0.1, -0.05) is 18.9 Å². The number of amides is 2. The van der Waals surface area contributed by atoms with E-state index in [2.05, 4.69) is 0 Å². The first-order valence-corrected chi connectivity index (χ1v) is 6.61. The zero-order valence-corrected chi connectivity index (χ0v) is 11.1. The van der Waals surface area contributed by atoms with Crippen molar-refractivity contribution in [1.82, 2.24) is 4.90 Å². The smallest absolute Gasteiger partial charge is 0.262 e. The maximum absolute atomic E-state index is 12.5. The van der Waals surface area contributed by atoms with Crippen LogP contribution in [0.1, 0.15) is 36.0 Å². The molecular formula is C14H18N2O4. The van der Waals surface area contributed by atoms with Crippen molar-refractivity contribution in [1.29, 1.82) is 0 Å². The fourth-order valence-electron chi connectivity index (χ4n) is 2.64. The molecule has 1 saturated carbocycles. The summed E-state index contributed by atoms with van der Waals surface area (Å²) in [6.45, 7) is -0.211. The Bertz CT molecular complexity index is 504. The van der Waals surface area contributed by atoms with Crippen LogP contribution in [0.25, 0.3) is 0 Å². The minimum Gasteiger partial charge on any atom is -0.507 e. The van der Waals surface area contributed by atoms with Crippen molar-refractivity contribution in [2.24, 2.45) is 5.73 Å². The lowest BCUT2D eigenvalue weighted by atomic mass is 10.1. The minimum atomic E-state index is -0.611. The van der Waals surface area contributed by atoms with Gasteiger partial charge in [0.2, 0.25) is 5.91 Å². The molecule has 0 saturated heterocycles. The van der Waals surface area contributed by atoms with Crippen LogP contribution in [0.5, 0.6) is 11.5 Å². The number of phenolic OH excluding ortho intramolecular Hbond substituents is 2. The summed E-state index contributed by atoms with van der Waals surface area (Å²) >= 11 is 0. The number of hydrogen-bond donors (Lipinski definition) is 3. The summed E-state index contributed by atoms with van der Waals surface area (Å²) in [4.78, 5) is 25.0. The number of carbonyl (C=O) groups is 2. The summed E-state index contributed by atoms with van der Waals surface area (Å²) in [5.74, 6) is -1.78. The van der Waals surface area contributed by atoms with E-state index in [-0.39, 0.29) is 29.6 Å². The number of aromatic hydroxyl groups is 2. The van der Waals surface area contributed by atoms with Gasteiger partial charge in [0, 0.05) is 6.04 Å². The molecule has 1 aliphatic carbocycles. The molecule has 4 N–H and O–H groups in total. The molecule has 0 radical (unpaired) electrons. The third-order valence-corrected chi connectivity index (χ3v) is 3.59. The molecule has 0 aromatic heterocycles. The zero-order valence-electron chi connectivity index (χ0n) is 11.1. The number of phenols is 2. The molecule has 1 fully saturated rings. The fourth-order valence-corrected chi connectivity index (χ4v) is 2.64. The van der Waals surface area contributed by atoms with Gasteiger partial charge in [-0.15, -0.1) is 0 Å². The van der Waals surface area contributed by atoms with Crippen LogP contribution in [0, 0.1) is 0 Å². The largest absolute Gasteiger partial charge is 0.507 e. The average Bonchev–Trinajstić information content (AvgIpc) is 2.88. The van der Waals surface area contributed by atoms with Crippen LogP contribution < -0.4 is 5.73 Å². The highest BCUT2D eigenvalue weighted by Gasteiger charge is 2.31. The van der Waals surface area contributed by atoms with Crippen molar-refractivity contribution >= 4 is 11.8 Å². The molecule has 0 unspecified atom stereocenters. The summed E-state index contributed by atoms with van der Waals surface area (Å²) < 4.78 is 0. The Labute approximate surface area is 116 Å². The van der Waals surface area contributed by atoms with E-state index in [0.717, 1.165) is 25.7 Å². The number of nitrogens with two attached hydrogens (primary N) is 1. The molecule has 6 heteroatoms. The molecule has 20 heavy (non-hydrogen) atoms. The summed E-state index contributed by atoms with van der Waals surface area (Å²) in [5, 5.41) is 19.5. The first-order chi connectivity index (χ1) is 9.50. The Morgan fingerprint density at radius 1 is 1.20 bits per heavy atom. The number of carbonyl (C=O) groups excluding carboxylic acids is 2. The van der Waals surface area contributed by atoms with Gasteiger partial charge in [-0.05, 0) is 25.0 Å². The molecule has 0 atom stereocenters. The molecule has 0 bridgehead atoms. The molecule has 1 aromatic carbocycles. The maximum Gasteiger partial charge on any atom is 0.262 e. The minimum absolute atomic E-state index is 0.0750. The van der Waals surface area contributed by atoms with Gasteiger partial charge in [0.25, 0.3) is 5.91 Å². The summed E-state index contributed by atoms with van der Waals surface area (Å²) in [6, 6.07) is 4.01. The van der Waals surface area contributed by atoms with E-state index in [0.29, 0.717) is 0 Å². The Morgan fingerprint density at radius 2 is 1.75 bits per heavy atom. The number of hydrogen-bond acceptors (Lipinski definition) is 4. The van der Waals surface area contributed by atoms with Gasteiger partial charge >= 0.3 is 0 Å². The maximum atomic E-state index is 12.5. The van der Waals surface area contributed by atoms with Crippen LogP contribution in [-0.4, -0.2) is 39.5 Å². The topological polar surface area (TPSA) is 104 Å². The van der Waals surface area contributed by atoms with Crippen LogP contribution in [0.3, 0.4) is 0 Å². The molecule has 1 aromatic rings. The quantitative estimate of drug-likeness (QED) is 0.763. The third-order valence-electron chi connectivity index (χ3n) is 3.59. The van der Waals surface area contributed by atoms with Gasteiger partial charge in [0.1, 0.15) is 17.1 Å². The van der Waals surface area contributed by atoms with Crippen LogP contribution in [0.2, 0.25) is 0 Å². The van der Waals surface area contributed by atoms with E-state index in [1.807, 2.05) is 0 Å². The van der Waals surface area contributed by atoms with Crippen molar-refractivity contribution in [3.63, 3.8) is 0 Å². The summed E-state index contributed by atoms with van der Waals surface area (Å²) in [7, 11) is 0. The highest BCUT2D eigenvalue weighted by Crippen LogP contribution is 2.31. The van der Waals surface area contributed by atoms with Gasteiger partial charge in [-0.3, -0.25) is 9.59 Å².